The van der Waals surface area contributed by atoms with Gasteiger partial charge in [-0.25, -0.2) is 0 Å². The molecule has 0 radical (unpaired) electrons. The second kappa shape index (κ2) is 3.45. The molecule has 12 heavy (non-hydrogen) atoms. The zero-order chi connectivity index (χ0) is 9.14. The van der Waals surface area contributed by atoms with E-state index >= 15 is 0 Å². The lowest BCUT2D eigenvalue weighted by molar-refractivity contribution is 0.114. The Morgan fingerprint density at radius 1 is 1.25 bits per heavy atom. The highest BCUT2D eigenvalue weighted by atomic mass is 16.5. The Balaban J connectivity index is 3.12. The highest BCUT2D eigenvalue weighted by molar-refractivity contribution is 5.44. The summed E-state index contributed by atoms with van der Waals surface area (Å²) in [4.78, 5) is 0. The largest absolute Gasteiger partial charge is 0.507 e. The van der Waals surface area contributed by atoms with Crippen LogP contribution in [0, 0.1) is 0 Å². The molecule has 0 heterocycles. The molecule has 3 heteroatoms. The van der Waals surface area contributed by atoms with Gasteiger partial charge >= 0.3 is 0 Å². The van der Waals surface area contributed by atoms with Gasteiger partial charge in [0.15, 0.2) is 0 Å². The van der Waals surface area contributed by atoms with Crippen molar-refractivity contribution in [2.45, 2.75) is 13.0 Å². The van der Waals surface area contributed by atoms with E-state index in [4.69, 9.17) is 4.74 Å². The second-order valence-corrected chi connectivity index (χ2v) is 2.59. The molecule has 0 aliphatic heterocycles. The number of phenolic OH excluding ortho intramolecular Hbond substituents is 2. The zero-order valence-electron chi connectivity index (χ0n) is 7.11. The zero-order valence-corrected chi connectivity index (χ0v) is 7.11. The Kier molecular flexibility index (Phi) is 2.55. The molecule has 1 atom stereocenters. The molecule has 0 fully saturated rings. The van der Waals surface area contributed by atoms with Gasteiger partial charge in [0.05, 0.1) is 11.7 Å². The van der Waals surface area contributed by atoms with Gasteiger partial charge in [-0.3, -0.25) is 0 Å². The van der Waals surface area contributed by atoms with Gasteiger partial charge in [-0.05, 0) is 19.1 Å². The SMILES string of the molecule is COC(C)c1c(O)cccc1O. The van der Waals surface area contributed by atoms with Crippen molar-refractivity contribution in [3.05, 3.63) is 23.8 Å². The highest BCUT2D eigenvalue weighted by Gasteiger charge is 2.13. The van der Waals surface area contributed by atoms with Crippen molar-refractivity contribution in [1.29, 1.82) is 0 Å². The number of hydrogen-bond acceptors (Lipinski definition) is 3. The van der Waals surface area contributed by atoms with Gasteiger partial charge in [-0.2, -0.15) is 0 Å². The van der Waals surface area contributed by atoms with Gasteiger partial charge in [0.25, 0.3) is 0 Å². The van der Waals surface area contributed by atoms with E-state index in [1.807, 2.05) is 0 Å². The third kappa shape index (κ3) is 1.51. The van der Waals surface area contributed by atoms with E-state index in [0.717, 1.165) is 0 Å². The van der Waals surface area contributed by atoms with Crippen LogP contribution in [0.1, 0.15) is 18.6 Å². The number of benzene rings is 1. The van der Waals surface area contributed by atoms with Crippen LogP contribution in [-0.4, -0.2) is 17.3 Å². The Bertz CT molecular complexity index is 250. The average Bonchev–Trinajstić information content (AvgIpc) is 2.03. The van der Waals surface area contributed by atoms with Crippen LogP contribution in [0.2, 0.25) is 0 Å². The van der Waals surface area contributed by atoms with Crippen molar-refractivity contribution in [3.63, 3.8) is 0 Å². The number of aromatic hydroxyl groups is 2. The summed E-state index contributed by atoms with van der Waals surface area (Å²) in [7, 11) is 1.52. The van der Waals surface area contributed by atoms with Crippen LogP contribution in [0.4, 0.5) is 0 Å². The van der Waals surface area contributed by atoms with E-state index in [2.05, 4.69) is 0 Å². The third-order valence-electron chi connectivity index (χ3n) is 1.82. The Hall–Kier alpha value is -1.22. The van der Waals surface area contributed by atoms with Gasteiger partial charge in [-0.15, -0.1) is 0 Å². The molecule has 2 N–H and O–H groups in total. The number of ether oxygens (including phenoxy) is 1. The predicted octanol–water partition coefficient (Wildman–Crippen LogP) is 1.81. The van der Waals surface area contributed by atoms with Gasteiger partial charge in [-0.1, -0.05) is 6.07 Å². The molecule has 0 aromatic heterocycles. The van der Waals surface area contributed by atoms with Gasteiger partial charge in [0.1, 0.15) is 11.5 Å². The Labute approximate surface area is 71.2 Å². The number of hydrogen-bond donors (Lipinski definition) is 2. The molecular formula is C9H12O3. The summed E-state index contributed by atoms with van der Waals surface area (Å²) in [5, 5.41) is 18.7. The molecular weight excluding hydrogens is 156 g/mol. The fourth-order valence-electron chi connectivity index (χ4n) is 1.08. The second-order valence-electron chi connectivity index (χ2n) is 2.59. The molecule has 0 bridgehead atoms. The van der Waals surface area contributed by atoms with E-state index in [0.29, 0.717) is 5.56 Å². The van der Waals surface area contributed by atoms with Crippen molar-refractivity contribution >= 4 is 0 Å². The lowest BCUT2D eigenvalue weighted by Crippen LogP contribution is -1.96. The van der Waals surface area contributed by atoms with E-state index in [1.165, 1.54) is 19.2 Å². The molecule has 1 aromatic rings. The molecule has 0 aliphatic rings. The highest BCUT2D eigenvalue weighted by Crippen LogP contribution is 2.33. The maximum absolute atomic E-state index is 9.35. The van der Waals surface area contributed by atoms with Gasteiger partial charge in [0, 0.05) is 7.11 Å². The molecule has 1 aromatic carbocycles. The average molecular weight is 168 g/mol. The van der Waals surface area contributed by atoms with E-state index in [-0.39, 0.29) is 17.6 Å². The molecule has 3 nitrogen and oxygen atoms in total. The topological polar surface area (TPSA) is 49.7 Å². The van der Waals surface area contributed by atoms with Crippen molar-refractivity contribution in [2.75, 3.05) is 7.11 Å². The number of methoxy groups -OCH3 is 1. The summed E-state index contributed by atoms with van der Waals surface area (Å²) in [5.41, 5.74) is 0.431. The first kappa shape index (κ1) is 8.87. The van der Waals surface area contributed by atoms with Crippen molar-refractivity contribution in [1.82, 2.24) is 0 Å². The molecule has 0 saturated carbocycles. The van der Waals surface area contributed by atoms with Crippen molar-refractivity contribution < 1.29 is 14.9 Å². The minimum atomic E-state index is -0.300. The summed E-state index contributed by atoms with van der Waals surface area (Å²) >= 11 is 0. The molecule has 0 spiro atoms. The first-order valence-electron chi connectivity index (χ1n) is 3.70. The molecule has 0 saturated heterocycles. The normalized spacial score (nSPS) is 12.8. The quantitative estimate of drug-likeness (QED) is 0.708. The predicted molar refractivity (Wildman–Crippen MR) is 45.2 cm³/mol. The van der Waals surface area contributed by atoms with Crippen LogP contribution in [0.15, 0.2) is 18.2 Å². The summed E-state index contributed by atoms with van der Waals surface area (Å²) in [5.74, 6) is 0.119. The van der Waals surface area contributed by atoms with E-state index in [1.54, 1.807) is 13.0 Å². The first-order valence-corrected chi connectivity index (χ1v) is 3.70. The first-order chi connectivity index (χ1) is 5.66. The minimum absolute atomic E-state index is 0.0596. The van der Waals surface area contributed by atoms with Crippen LogP contribution in [0.5, 0.6) is 11.5 Å². The maximum Gasteiger partial charge on any atom is 0.125 e. The van der Waals surface area contributed by atoms with Crippen molar-refractivity contribution in [2.24, 2.45) is 0 Å². The van der Waals surface area contributed by atoms with Gasteiger partial charge in [0.2, 0.25) is 0 Å². The maximum atomic E-state index is 9.35. The fraction of sp³-hybridized carbons (Fsp3) is 0.333. The molecule has 66 valence electrons. The fourth-order valence-corrected chi connectivity index (χ4v) is 1.08. The lowest BCUT2D eigenvalue weighted by Gasteiger charge is -2.12. The van der Waals surface area contributed by atoms with Crippen LogP contribution >= 0.6 is 0 Å². The smallest absolute Gasteiger partial charge is 0.125 e. The van der Waals surface area contributed by atoms with Crippen LogP contribution < -0.4 is 0 Å². The third-order valence-corrected chi connectivity index (χ3v) is 1.82. The monoisotopic (exact) mass is 168 g/mol. The van der Waals surface area contributed by atoms with Crippen LogP contribution in [0.25, 0.3) is 0 Å². The summed E-state index contributed by atoms with van der Waals surface area (Å²) in [6.45, 7) is 1.76. The molecule has 1 rings (SSSR count). The van der Waals surface area contributed by atoms with Crippen LogP contribution in [0.3, 0.4) is 0 Å². The van der Waals surface area contributed by atoms with E-state index in [9.17, 15) is 10.2 Å². The lowest BCUT2D eigenvalue weighted by atomic mass is 10.1. The van der Waals surface area contributed by atoms with Gasteiger partial charge < -0.3 is 14.9 Å². The Morgan fingerprint density at radius 3 is 2.17 bits per heavy atom. The Morgan fingerprint density at radius 2 is 1.75 bits per heavy atom. The van der Waals surface area contributed by atoms with E-state index < -0.39 is 0 Å². The van der Waals surface area contributed by atoms with Crippen molar-refractivity contribution in [3.8, 4) is 11.5 Å². The molecule has 0 aliphatic carbocycles. The molecule has 1 unspecified atom stereocenters. The number of rotatable bonds is 2. The molecule has 0 amide bonds. The minimum Gasteiger partial charge on any atom is -0.507 e. The van der Waals surface area contributed by atoms with Crippen LogP contribution in [-0.2, 0) is 4.74 Å². The summed E-state index contributed by atoms with van der Waals surface area (Å²) < 4.78 is 4.98. The summed E-state index contributed by atoms with van der Waals surface area (Å²) in [6, 6.07) is 4.62. The number of phenols is 2. The summed E-state index contributed by atoms with van der Waals surface area (Å²) in [6.07, 6.45) is -0.300. The standard InChI is InChI=1S/C9H12O3/c1-6(12-2)9-7(10)4-3-5-8(9)11/h3-6,10-11H,1-2H3.